The number of hydrogen-bond donors (Lipinski definition) is 1. The minimum Gasteiger partial charge on any atom is -0.363 e. The number of likely N-dealkylation sites (tertiary alicyclic amines) is 1. The molecule has 3 heterocycles. The van der Waals surface area contributed by atoms with Crippen LogP contribution < -0.4 is 10.2 Å². The smallest absolute Gasteiger partial charge is 0.322 e. The number of nitrogens with zero attached hydrogens (tertiary/aromatic N) is 3. The number of nitrogens with one attached hydrogen (secondary N) is 1. The molecule has 1 atom stereocenters. The van der Waals surface area contributed by atoms with Crippen LogP contribution in [0.5, 0.6) is 0 Å². The lowest BCUT2D eigenvalue weighted by Crippen LogP contribution is -2.34. The molecule has 0 spiro atoms. The molecule has 1 aliphatic heterocycles. The molecule has 2 amide bonds. The fourth-order valence-electron chi connectivity index (χ4n) is 2.71. The highest BCUT2D eigenvalue weighted by Crippen LogP contribution is 2.34. The second kappa shape index (κ2) is 6.36. The molecule has 22 heavy (non-hydrogen) atoms. The minimum atomic E-state index is -0.0460. The third-order valence-electron chi connectivity index (χ3n) is 3.84. The third kappa shape index (κ3) is 3.06. The third-order valence-corrected chi connectivity index (χ3v) is 4.82. The van der Waals surface area contributed by atoms with Gasteiger partial charge >= 0.3 is 6.03 Å². The van der Waals surface area contributed by atoms with E-state index in [1.54, 1.807) is 17.5 Å². The number of hydrogen-bond acceptors (Lipinski definition) is 4. The number of urea groups is 1. The van der Waals surface area contributed by atoms with E-state index in [1.807, 2.05) is 42.1 Å². The zero-order valence-corrected chi connectivity index (χ0v) is 13.6. The largest absolute Gasteiger partial charge is 0.363 e. The van der Waals surface area contributed by atoms with Gasteiger partial charge in [0.05, 0.1) is 17.9 Å². The van der Waals surface area contributed by atoms with Crippen LogP contribution in [0.3, 0.4) is 0 Å². The van der Waals surface area contributed by atoms with Crippen LogP contribution in [0.25, 0.3) is 0 Å². The van der Waals surface area contributed by atoms with Crippen LogP contribution in [0.15, 0.2) is 35.8 Å². The first-order valence-corrected chi connectivity index (χ1v) is 8.27. The van der Waals surface area contributed by atoms with Crippen LogP contribution in [0.4, 0.5) is 16.3 Å². The second-order valence-electron chi connectivity index (χ2n) is 5.60. The summed E-state index contributed by atoms with van der Waals surface area (Å²) >= 11 is 1.71. The Morgan fingerprint density at radius 2 is 2.27 bits per heavy atom. The summed E-state index contributed by atoms with van der Waals surface area (Å²) in [6.07, 6.45) is 3.78. The predicted molar refractivity (Wildman–Crippen MR) is 90.6 cm³/mol. The van der Waals surface area contributed by atoms with Crippen LogP contribution in [0.1, 0.15) is 23.8 Å². The van der Waals surface area contributed by atoms with Crippen molar-refractivity contribution in [1.82, 2.24) is 9.88 Å². The fraction of sp³-hybridized carbons (Fsp3) is 0.375. The van der Waals surface area contributed by atoms with Crippen LogP contribution in [-0.2, 0) is 0 Å². The number of anilines is 2. The normalized spacial score (nSPS) is 17.5. The molecule has 3 rings (SSSR count). The van der Waals surface area contributed by atoms with E-state index >= 15 is 0 Å². The van der Waals surface area contributed by atoms with E-state index in [4.69, 9.17) is 0 Å². The quantitative estimate of drug-likeness (QED) is 0.941. The van der Waals surface area contributed by atoms with E-state index in [9.17, 15) is 4.79 Å². The molecule has 5 nitrogen and oxygen atoms in total. The summed E-state index contributed by atoms with van der Waals surface area (Å²) in [5.74, 6) is 0.871. The van der Waals surface area contributed by atoms with Gasteiger partial charge in [-0.15, -0.1) is 11.3 Å². The Labute approximate surface area is 134 Å². The Kier molecular flexibility index (Phi) is 4.29. The van der Waals surface area contributed by atoms with Gasteiger partial charge in [0, 0.05) is 25.5 Å². The SMILES string of the molecule is CN(C)c1ccc(NC(=O)N2CCC[C@@H]2c2cccs2)cn1. The molecule has 0 aromatic carbocycles. The summed E-state index contributed by atoms with van der Waals surface area (Å²) in [6.45, 7) is 0.803. The van der Waals surface area contributed by atoms with E-state index < -0.39 is 0 Å². The number of pyridine rings is 1. The van der Waals surface area contributed by atoms with Crippen molar-refractivity contribution in [2.45, 2.75) is 18.9 Å². The topological polar surface area (TPSA) is 48.5 Å². The molecule has 0 radical (unpaired) electrons. The van der Waals surface area contributed by atoms with Gasteiger partial charge in [-0.1, -0.05) is 6.07 Å². The average molecular weight is 316 g/mol. The first-order valence-electron chi connectivity index (χ1n) is 7.39. The fourth-order valence-corrected chi connectivity index (χ4v) is 3.58. The number of amides is 2. The molecular formula is C16H20N4OS. The van der Waals surface area contributed by atoms with Crippen molar-refractivity contribution >= 4 is 28.9 Å². The Morgan fingerprint density at radius 3 is 2.91 bits per heavy atom. The van der Waals surface area contributed by atoms with Crippen molar-refractivity contribution in [1.29, 1.82) is 0 Å². The van der Waals surface area contributed by atoms with Crippen molar-refractivity contribution in [3.05, 3.63) is 40.7 Å². The molecule has 1 saturated heterocycles. The molecular weight excluding hydrogens is 296 g/mol. The maximum absolute atomic E-state index is 12.5. The van der Waals surface area contributed by atoms with Crippen LogP contribution in [0, 0.1) is 0 Å². The van der Waals surface area contributed by atoms with E-state index in [0.717, 1.165) is 30.9 Å². The molecule has 1 aliphatic rings. The summed E-state index contributed by atoms with van der Waals surface area (Å²) in [5.41, 5.74) is 0.729. The number of thiophene rings is 1. The molecule has 0 saturated carbocycles. The molecule has 116 valence electrons. The van der Waals surface area contributed by atoms with Gasteiger partial charge in [0.15, 0.2) is 0 Å². The highest BCUT2D eigenvalue weighted by molar-refractivity contribution is 7.10. The zero-order chi connectivity index (χ0) is 15.5. The Morgan fingerprint density at radius 1 is 1.41 bits per heavy atom. The van der Waals surface area contributed by atoms with Gasteiger partial charge in [-0.25, -0.2) is 9.78 Å². The molecule has 0 unspecified atom stereocenters. The number of rotatable bonds is 3. The molecule has 0 aliphatic carbocycles. The molecule has 2 aromatic heterocycles. The standard InChI is InChI=1S/C16H20N4OS/c1-19(2)15-8-7-12(11-17-15)18-16(21)20-9-3-5-13(20)14-6-4-10-22-14/h4,6-8,10-11,13H,3,5,9H2,1-2H3,(H,18,21)/t13-/m1/s1. The summed E-state index contributed by atoms with van der Waals surface area (Å²) in [7, 11) is 3.88. The van der Waals surface area contributed by atoms with Crippen LogP contribution in [0.2, 0.25) is 0 Å². The minimum absolute atomic E-state index is 0.0460. The van der Waals surface area contributed by atoms with Crippen molar-refractivity contribution in [3.8, 4) is 0 Å². The van der Waals surface area contributed by atoms with Gasteiger partial charge in [0.1, 0.15) is 5.82 Å². The summed E-state index contributed by atoms with van der Waals surface area (Å²) in [6, 6.07) is 8.09. The average Bonchev–Trinajstić information content (AvgIpc) is 3.18. The maximum atomic E-state index is 12.5. The van der Waals surface area contributed by atoms with E-state index in [1.165, 1.54) is 4.88 Å². The van der Waals surface area contributed by atoms with Gasteiger partial charge in [-0.3, -0.25) is 0 Å². The van der Waals surface area contributed by atoms with Gasteiger partial charge in [0.25, 0.3) is 0 Å². The van der Waals surface area contributed by atoms with Crippen LogP contribution >= 0.6 is 11.3 Å². The monoisotopic (exact) mass is 316 g/mol. The van der Waals surface area contributed by atoms with E-state index in [-0.39, 0.29) is 12.1 Å². The highest BCUT2D eigenvalue weighted by atomic mass is 32.1. The van der Waals surface area contributed by atoms with Gasteiger partial charge in [-0.2, -0.15) is 0 Å². The van der Waals surface area contributed by atoms with Crippen LogP contribution in [-0.4, -0.2) is 36.6 Å². The second-order valence-corrected chi connectivity index (χ2v) is 6.58. The number of carbonyl (C=O) groups is 1. The van der Waals surface area contributed by atoms with E-state index in [2.05, 4.69) is 21.7 Å². The lowest BCUT2D eigenvalue weighted by atomic mass is 10.2. The van der Waals surface area contributed by atoms with Gasteiger partial charge in [-0.05, 0) is 36.4 Å². The first-order chi connectivity index (χ1) is 10.6. The van der Waals surface area contributed by atoms with Crippen molar-refractivity contribution in [2.24, 2.45) is 0 Å². The first kappa shape index (κ1) is 14.8. The van der Waals surface area contributed by atoms with E-state index in [0.29, 0.717) is 0 Å². The zero-order valence-electron chi connectivity index (χ0n) is 12.8. The predicted octanol–water partition coefficient (Wildman–Crippen LogP) is 3.58. The number of aromatic nitrogens is 1. The van der Waals surface area contributed by atoms with Gasteiger partial charge in [0.2, 0.25) is 0 Å². The Hall–Kier alpha value is -2.08. The molecule has 1 N–H and O–H groups in total. The molecule has 6 heteroatoms. The number of carbonyl (C=O) groups excluding carboxylic acids is 1. The molecule has 0 bridgehead atoms. The summed E-state index contributed by atoms with van der Waals surface area (Å²) in [4.78, 5) is 22.0. The maximum Gasteiger partial charge on any atom is 0.322 e. The van der Waals surface area contributed by atoms with Crippen molar-refractivity contribution in [3.63, 3.8) is 0 Å². The lowest BCUT2D eigenvalue weighted by molar-refractivity contribution is 0.208. The Bertz CT molecular complexity index is 624. The van der Waals surface area contributed by atoms with Gasteiger partial charge < -0.3 is 15.1 Å². The highest BCUT2D eigenvalue weighted by Gasteiger charge is 2.30. The lowest BCUT2D eigenvalue weighted by Gasteiger charge is -2.24. The summed E-state index contributed by atoms with van der Waals surface area (Å²) < 4.78 is 0. The molecule has 1 fully saturated rings. The molecule has 2 aromatic rings. The Balaban J connectivity index is 1.68. The van der Waals surface area contributed by atoms with Crippen molar-refractivity contribution in [2.75, 3.05) is 30.9 Å². The van der Waals surface area contributed by atoms with Crippen molar-refractivity contribution < 1.29 is 4.79 Å². The summed E-state index contributed by atoms with van der Waals surface area (Å²) in [5, 5.41) is 5.02.